The second-order valence-corrected chi connectivity index (χ2v) is 13.3. The van der Waals surface area contributed by atoms with Gasteiger partial charge in [0.15, 0.2) is 0 Å². The molecule has 1 saturated heterocycles. The molecule has 2 aliphatic carbocycles. The Labute approximate surface area is 248 Å². The molecule has 1 amide bonds. The molecule has 5 rings (SSSR count). The minimum absolute atomic E-state index is 0.0370. The molecule has 4 aliphatic rings. The van der Waals surface area contributed by atoms with Crippen LogP contribution >= 0.6 is 11.3 Å². The number of hydrogen-bond donors (Lipinski definition) is 3. The summed E-state index contributed by atoms with van der Waals surface area (Å²) in [5, 5.41) is 10.1. The minimum atomic E-state index is -1.00. The Balaban J connectivity index is 1.31. The van der Waals surface area contributed by atoms with Crippen LogP contribution in [-0.4, -0.2) is 47.1 Å². The smallest absolute Gasteiger partial charge is 0.348 e. The molecule has 3 fully saturated rings. The minimum Gasteiger partial charge on any atom is -0.477 e. The zero-order chi connectivity index (χ0) is 28.9. The predicted molar refractivity (Wildman–Crippen MR) is 162 cm³/mol. The zero-order valence-corrected chi connectivity index (χ0v) is 25.4. The Bertz CT molecular complexity index is 1220. The summed E-state index contributed by atoms with van der Waals surface area (Å²) in [5.74, 6) is 7.88. The lowest BCUT2D eigenvalue weighted by molar-refractivity contribution is -0.124. The molecule has 2 saturated carbocycles. The Kier molecular flexibility index (Phi) is 9.49. The van der Waals surface area contributed by atoms with Crippen molar-refractivity contribution in [1.29, 1.82) is 0 Å². The third-order valence-corrected chi connectivity index (χ3v) is 9.74. The topological polar surface area (TPSA) is 94.1 Å². The van der Waals surface area contributed by atoms with E-state index in [4.69, 9.17) is 4.74 Å². The number of nitrogens with zero attached hydrogens (tertiary/aromatic N) is 2. The average molecular weight is 581 g/mol. The summed E-state index contributed by atoms with van der Waals surface area (Å²) in [6, 6.07) is 1.77. The molecule has 1 aromatic heterocycles. The van der Waals surface area contributed by atoms with Gasteiger partial charge in [-0.2, -0.15) is 0 Å². The molecular formula is C32H44N4O4S. The number of hydrogen-bond acceptors (Lipinski definition) is 7. The zero-order valence-electron chi connectivity index (χ0n) is 24.6. The largest absolute Gasteiger partial charge is 0.477 e. The van der Waals surface area contributed by atoms with Crippen LogP contribution in [0.3, 0.4) is 0 Å². The maximum Gasteiger partial charge on any atom is 0.348 e. The van der Waals surface area contributed by atoms with E-state index in [2.05, 4.69) is 40.6 Å². The second-order valence-electron chi connectivity index (χ2n) is 12.3. The normalized spacial score (nSPS) is 26.2. The number of anilines is 1. The SMILES string of the molecule is CC(C)C#Cc1cc(N(C(=O)C2CCC(C)CC2)C2CCC(OC3=CC=C(N4CCCC4)NN3)CC2)c(C(=O)O)s1. The quantitative estimate of drug-likeness (QED) is 0.350. The first-order valence-electron chi connectivity index (χ1n) is 15.4. The molecule has 9 heteroatoms. The third-order valence-electron chi connectivity index (χ3n) is 8.71. The van der Waals surface area contributed by atoms with E-state index in [1.165, 1.54) is 24.2 Å². The van der Waals surface area contributed by atoms with Crippen molar-refractivity contribution >= 4 is 28.9 Å². The van der Waals surface area contributed by atoms with E-state index in [0.717, 1.165) is 70.3 Å². The van der Waals surface area contributed by atoms with Gasteiger partial charge in [-0.3, -0.25) is 15.6 Å². The van der Waals surface area contributed by atoms with E-state index >= 15 is 0 Å². The van der Waals surface area contributed by atoms with Crippen LogP contribution in [0.4, 0.5) is 5.69 Å². The van der Waals surface area contributed by atoms with Crippen molar-refractivity contribution in [3.05, 3.63) is 39.7 Å². The highest BCUT2D eigenvalue weighted by Crippen LogP contribution is 2.39. The standard InChI is InChI=1S/C32H44N4O4S/c1-21(2)6-15-26-20-27(30(41-26)32(38)39)36(31(37)23-9-7-22(3)8-10-23)24-11-13-25(14-12-24)40-29-17-16-28(33-34-29)35-18-4-5-19-35/h16-17,20-25,33-34H,4-5,7-14,18-19H2,1-3H3,(H,38,39). The molecule has 0 aromatic carbocycles. The van der Waals surface area contributed by atoms with Crippen LogP contribution < -0.4 is 15.8 Å². The molecule has 41 heavy (non-hydrogen) atoms. The lowest BCUT2D eigenvalue weighted by Crippen LogP contribution is -2.47. The summed E-state index contributed by atoms with van der Waals surface area (Å²) in [4.78, 5) is 31.6. The molecule has 222 valence electrons. The van der Waals surface area contributed by atoms with Crippen molar-refractivity contribution in [2.45, 2.75) is 97.1 Å². The van der Waals surface area contributed by atoms with Gasteiger partial charge in [0.05, 0.1) is 10.6 Å². The van der Waals surface area contributed by atoms with Gasteiger partial charge >= 0.3 is 5.97 Å². The summed E-state index contributed by atoms with van der Waals surface area (Å²) >= 11 is 1.18. The van der Waals surface area contributed by atoms with Crippen molar-refractivity contribution in [3.63, 3.8) is 0 Å². The number of nitrogens with one attached hydrogen (secondary N) is 2. The summed E-state index contributed by atoms with van der Waals surface area (Å²) in [6.07, 6.45) is 13.4. The Morgan fingerprint density at radius 1 is 1.05 bits per heavy atom. The highest BCUT2D eigenvalue weighted by molar-refractivity contribution is 7.15. The van der Waals surface area contributed by atoms with Crippen molar-refractivity contribution in [3.8, 4) is 11.8 Å². The number of carboxylic acid groups (broad SMARTS) is 1. The van der Waals surface area contributed by atoms with E-state index in [1.54, 1.807) is 0 Å². The molecule has 3 N–H and O–H groups in total. The molecule has 2 aliphatic heterocycles. The lowest BCUT2D eigenvalue weighted by Gasteiger charge is -2.39. The monoisotopic (exact) mass is 580 g/mol. The van der Waals surface area contributed by atoms with Crippen LogP contribution in [-0.2, 0) is 9.53 Å². The molecule has 0 bridgehead atoms. The maximum atomic E-state index is 14.1. The molecule has 0 spiro atoms. The summed E-state index contributed by atoms with van der Waals surface area (Å²) in [5.41, 5.74) is 6.98. The third kappa shape index (κ3) is 7.21. The first kappa shape index (κ1) is 29.4. The van der Waals surface area contributed by atoms with Crippen LogP contribution in [0.5, 0.6) is 0 Å². The molecule has 1 aromatic rings. The Morgan fingerprint density at radius 2 is 1.76 bits per heavy atom. The van der Waals surface area contributed by atoms with Gasteiger partial charge in [0.2, 0.25) is 11.8 Å². The number of carbonyl (C=O) groups excluding carboxylic acids is 1. The Morgan fingerprint density at radius 3 is 2.37 bits per heavy atom. The fourth-order valence-corrected chi connectivity index (χ4v) is 7.21. The first-order valence-corrected chi connectivity index (χ1v) is 16.2. The average Bonchev–Trinajstić information content (AvgIpc) is 3.65. The number of allylic oxidation sites excluding steroid dienone is 2. The van der Waals surface area contributed by atoms with E-state index in [9.17, 15) is 14.7 Å². The van der Waals surface area contributed by atoms with Crippen molar-refractivity contribution < 1.29 is 19.4 Å². The maximum absolute atomic E-state index is 14.1. The summed E-state index contributed by atoms with van der Waals surface area (Å²) < 4.78 is 6.30. The highest BCUT2D eigenvalue weighted by Gasteiger charge is 2.38. The van der Waals surface area contributed by atoms with E-state index in [-0.39, 0.29) is 34.8 Å². The second kappa shape index (κ2) is 13.2. The highest BCUT2D eigenvalue weighted by atomic mass is 32.1. The van der Waals surface area contributed by atoms with Crippen LogP contribution in [0.1, 0.15) is 99.5 Å². The number of carbonyl (C=O) groups is 2. The lowest BCUT2D eigenvalue weighted by atomic mass is 9.81. The number of likely N-dealkylation sites (tertiary alicyclic amines) is 1. The van der Waals surface area contributed by atoms with E-state index in [1.807, 2.05) is 30.9 Å². The van der Waals surface area contributed by atoms with Gasteiger partial charge < -0.3 is 19.6 Å². The Hall–Kier alpha value is -3.12. The summed E-state index contributed by atoms with van der Waals surface area (Å²) in [7, 11) is 0. The number of ether oxygens (including phenoxy) is 1. The molecule has 0 radical (unpaired) electrons. The number of thiophene rings is 1. The van der Waals surface area contributed by atoms with Gasteiger partial charge in [-0.1, -0.05) is 32.6 Å². The molecule has 8 nitrogen and oxygen atoms in total. The van der Waals surface area contributed by atoms with E-state index < -0.39 is 5.97 Å². The van der Waals surface area contributed by atoms with Gasteiger partial charge in [-0.05, 0) is 82.3 Å². The number of aromatic carboxylic acids is 1. The fourth-order valence-electron chi connectivity index (χ4n) is 6.37. The van der Waals surface area contributed by atoms with Gasteiger partial charge in [0, 0.05) is 37.0 Å². The number of carboxylic acids is 1. The molecule has 0 unspecified atom stereocenters. The number of hydrazine groups is 1. The van der Waals surface area contributed by atoms with Crippen molar-refractivity contribution in [2.24, 2.45) is 17.8 Å². The van der Waals surface area contributed by atoms with Gasteiger partial charge in [-0.15, -0.1) is 11.3 Å². The van der Waals surface area contributed by atoms with Crippen LogP contribution in [0.25, 0.3) is 0 Å². The van der Waals surface area contributed by atoms with Gasteiger partial charge in [0.25, 0.3) is 0 Å². The van der Waals surface area contributed by atoms with Crippen molar-refractivity contribution in [2.75, 3.05) is 18.0 Å². The fraction of sp³-hybridized carbons (Fsp3) is 0.625. The van der Waals surface area contributed by atoms with Gasteiger partial charge in [0.1, 0.15) is 16.8 Å². The molecule has 0 atom stereocenters. The van der Waals surface area contributed by atoms with Crippen LogP contribution in [0.15, 0.2) is 29.9 Å². The number of amides is 1. The first-order chi connectivity index (χ1) is 19.8. The van der Waals surface area contributed by atoms with Gasteiger partial charge in [-0.25, -0.2) is 4.79 Å². The summed E-state index contributed by atoms with van der Waals surface area (Å²) in [6.45, 7) is 8.41. The predicted octanol–water partition coefficient (Wildman–Crippen LogP) is 5.83. The molecule has 3 heterocycles. The van der Waals surface area contributed by atoms with Crippen molar-refractivity contribution in [1.82, 2.24) is 15.8 Å². The van der Waals surface area contributed by atoms with Crippen LogP contribution in [0.2, 0.25) is 0 Å². The van der Waals surface area contributed by atoms with Crippen LogP contribution in [0, 0.1) is 29.6 Å². The number of rotatable bonds is 7. The molecular weight excluding hydrogens is 536 g/mol. The van der Waals surface area contributed by atoms with E-state index in [0.29, 0.717) is 22.4 Å².